The number of esters is 2. The summed E-state index contributed by atoms with van der Waals surface area (Å²) in [6.07, 6.45) is 0.794. The third kappa shape index (κ3) is 4.87. The van der Waals surface area contributed by atoms with Crippen LogP contribution in [-0.4, -0.2) is 38.6 Å². The third-order valence-electron chi connectivity index (χ3n) is 5.53. The lowest BCUT2D eigenvalue weighted by molar-refractivity contribution is -0.139. The summed E-state index contributed by atoms with van der Waals surface area (Å²) in [7, 11) is 2.37. The van der Waals surface area contributed by atoms with E-state index in [2.05, 4.69) is 11.4 Å². The average Bonchev–Trinajstić information content (AvgIpc) is 2.90. The van der Waals surface area contributed by atoms with Crippen molar-refractivity contribution in [2.45, 2.75) is 19.3 Å². The van der Waals surface area contributed by atoms with Crippen LogP contribution in [0.25, 0.3) is 0 Å². The number of ether oxygens (including phenoxy) is 2. The van der Waals surface area contributed by atoms with Crippen molar-refractivity contribution in [3.05, 3.63) is 88.4 Å². The van der Waals surface area contributed by atoms with Gasteiger partial charge in [-0.2, -0.15) is 5.26 Å². The maximum Gasteiger partial charge on any atom is 0.355 e. The van der Waals surface area contributed by atoms with Crippen LogP contribution in [0.4, 0.5) is 5.69 Å². The number of allylic oxidation sites excluding steroid dienone is 1. The number of carbonyl (C=O) groups is 3. The SMILES string of the molecule is CCCNC(=O)c1ccc(N2C(N)=C(C#N)C(c3ccccc3)C(C(=O)OC)=C2C(=O)OC)cc1. The molecule has 0 saturated carbocycles. The van der Waals surface area contributed by atoms with Gasteiger partial charge in [-0.1, -0.05) is 37.3 Å². The molecule has 0 aliphatic carbocycles. The molecule has 0 fully saturated rings. The van der Waals surface area contributed by atoms with Crippen molar-refractivity contribution >= 4 is 23.5 Å². The largest absolute Gasteiger partial charge is 0.466 e. The molecular formula is C26H26N4O5. The van der Waals surface area contributed by atoms with Gasteiger partial charge in [0.25, 0.3) is 5.91 Å². The van der Waals surface area contributed by atoms with Gasteiger partial charge in [0.2, 0.25) is 0 Å². The van der Waals surface area contributed by atoms with Crippen molar-refractivity contribution in [3.63, 3.8) is 0 Å². The number of nitrogens with one attached hydrogen (secondary N) is 1. The minimum Gasteiger partial charge on any atom is -0.466 e. The van der Waals surface area contributed by atoms with Crippen molar-refractivity contribution in [3.8, 4) is 6.07 Å². The Morgan fingerprint density at radius 2 is 1.66 bits per heavy atom. The summed E-state index contributed by atoms with van der Waals surface area (Å²) in [5, 5.41) is 12.8. The molecule has 0 aromatic heterocycles. The molecular weight excluding hydrogens is 448 g/mol. The van der Waals surface area contributed by atoms with Crippen LogP contribution in [0.5, 0.6) is 0 Å². The van der Waals surface area contributed by atoms with E-state index in [0.717, 1.165) is 6.42 Å². The van der Waals surface area contributed by atoms with E-state index in [9.17, 15) is 19.6 Å². The molecule has 2 aromatic rings. The van der Waals surface area contributed by atoms with E-state index in [-0.39, 0.29) is 28.6 Å². The standard InChI is InChI=1S/C26H26N4O5/c1-4-14-29-24(31)17-10-12-18(13-11-17)30-22(26(33)35-3)21(25(32)34-2)20(19(15-27)23(30)28)16-8-6-5-7-9-16/h5-13,20H,4,14,28H2,1-3H3,(H,29,31). The lowest BCUT2D eigenvalue weighted by Crippen LogP contribution is -2.40. The Kier molecular flexibility index (Phi) is 7.89. The molecule has 3 N–H and O–H groups in total. The van der Waals surface area contributed by atoms with Gasteiger partial charge in [0.05, 0.1) is 37.4 Å². The highest BCUT2D eigenvalue weighted by molar-refractivity contribution is 6.06. The first-order valence-electron chi connectivity index (χ1n) is 10.9. The van der Waals surface area contributed by atoms with Crippen LogP contribution in [0, 0.1) is 11.3 Å². The molecule has 1 heterocycles. The number of hydrogen-bond donors (Lipinski definition) is 2. The Hall–Kier alpha value is -4.58. The number of benzene rings is 2. The van der Waals surface area contributed by atoms with E-state index in [1.807, 2.05) is 6.92 Å². The molecule has 1 atom stereocenters. The smallest absolute Gasteiger partial charge is 0.355 e. The Balaban J connectivity index is 2.24. The molecule has 3 rings (SSSR count). The lowest BCUT2D eigenvalue weighted by atomic mass is 9.81. The predicted molar refractivity (Wildman–Crippen MR) is 129 cm³/mol. The number of nitrogens with two attached hydrogens (primary N) is 1. The van der Waals surface area contributed by atoms with Crippen LogP contribution in [0.15, 0.2) is 77.3 Å². The normalized spacial score (nSPS) is 15.4. The molecule has 0 saturated heterocycles. The topological polar surface area (TPSA) is 135 Å². The highest BCUT2D eigenvalue weighted by Gasteiger charge is 2.42. The second-order valence-electron chi connectivity index (χ2n) is 7.64. The van der Waals surface area contributed by atoms with E-state index in [1.54, 1.807) is 54.6 Å². The molecule has 35 heavy (non-hydrogen) atoms. The molecule has 180 valence electrons. The van der Waals surface area contributed by atoms with Crippen LogP contribution in [0.1, 0.15) is 35.2 Å². The molecule has 1 unspecified atom stereocenters. The first kappa shape index (κ1) is 25.1. The van der Waals surface area contributed by atoms with Crippen LogP contribution in [0.3, 0.4) is 0 Å². The number of carbonyl (C=O) groups excluding carboxylic acids is 3. The molecule has 0 bridgehead atoms. The number of anilines is 1. The maximum atomic E-state index is 13.0. The highest BCUT2D eigenvalue weighted by Crippen LogP contribution is 2.43. The third-order valence-corrected chi connectivity index (χ3v) is 5.53. The fourth-order valence-electron chi connectivity index (χ4n) is 3.88. The summed E-state index contributed by atoms with van der Waals surface area (Å²) < 4.78 is 10.0. The van der Waals surface area contributed by atoms with Gasteiger partial charge in [-0.15, -0.1) is 0 Å². The van der Waals surface area contributed by atoms with E-state index in [0.29, 0.717) is 23.4 Å². The Morgan fingerprint density at radius 1 is 1.03 bits per heavy atom. The number of amides is 1. The summed E-state index contributed by atoms with van der Waals surface area (Å²) in [4.78, 5) is 39.7. The van der Waals surface area contributed by atoms with Gasteiger partial charge >= 0.3 is 11.9 Å². The molecule has 9 nitrogen and oxygen atoms in total. The zero-order valence-electron chi connectivity index (χ0n) is 19.7. The second kappa shape index (κ2) is 11.0. The van der Waals surface area contributed by atoms with Crippen molar-refractivity contribution in [1.82, 2.24) is 5.32 Å². The highest BCUT2D eigenvalue weighted by atomic mass is 16.5. The lowest BCUT2D eigenvalue weighted by Gasteiger charge is -2.35. The van der Waals surface area contributed by atoms with Gasteiger partial charge in [0, 0.05) is 17.8 Å². The average molecular weight is 475 g/mol. The number of nitrogens with zero attached hydrogens (tertiary/aromatic N) is 2. The number of nitriles is 1. The van der Waals surface area contributed by atoms with Gasteiger partial charge in [0.1, 0.15) is 11.5 Å². The number of rotatable bonds is 7. The van der Waals surface area contributed by atoms with Gasteiger partial charge in [-0.3, -0.25) is 9.69 Å². The van der Waals surface area contributed by atoms with Crippen LogP contribution in [-0.2, 0) is 19.1 Å². The van der Waals surface area contributed by atoms with Crippen molar-refractivity contribution in [2.75, 3.05) is 25.7 Å². The molecule has 0 spiro atoms. The van der Waals surface area contributed by atoms with Gasteiger partial charge in [-0.05, 0) is 36.2 Å². The van der Waals surface area contributed by atoms with E-state index >= 15 is 0 Å². The number of methoxy groups -OCH3 is 2. The summed E-state index contributed by atoms with van der Waals surface area (Å²) in [6, 6.07) is 17.1. The maximum absolute atomic E-state index is 13.0. The van der Waals surface area contributed by atoms with E-state index < -0.39 is 17.9 Å². The zero-order valence-corrected chi connectivity index (χ0v) is 19.7. The van der Waals surface area contributed by atoms with Crippen LogP contribution >= 0.6 is 0 Å². The Labute approximate surface area is 203 Å². The van der Waals surface area contributed by atoms with Crippen molar-refractivity contribution in [2.24, 2.45) is 5.73 Å². The summed E-state index contributed by atoms with van der Waals surface area (Å²) in [5.41, 5.74) is 7.60. The monoisotopic (exact) mass is 474 g/mol. The molecule has 1 aliphatic heterocycles. The summed E-state index contributed by atoms with van der Waals surface area (Å²) in [5.74, 6) is -2.88. The Morgan fingerprint density at radius 3 is 2.20 bits per heavy atom. The van der Waals surface area contributed by atoms with Gasteiger partial charge in [0.15, 0.2) is 0 Å². The molecule has 0 radical (unpaired) electrons. The fraction of sp³-hybridized carbons (Fsp3) is 0.231. The molecule has 2 aromatic carbocycles. The number of hydrogen-bond acceptors (Lipinski definition) is 8. The van der Waals surface area contributed by atoms with Crippen LogP contribution < -0.4 is 16.0 Å². The minimum atomic E-state index is -0.946. The molecule has 1 aliphatic rings. The first-order valence-corrected chi connectivity index (χ1v) is 10.9. The molecule has 1 amide bonds. The van der Waals surface area contributed by atoms with E-state index in [4.69, 9.17) is 15.2 Å². The second-order valence-corrected chi connectivity index (χ2v) is 7.64. The molecule has 9 heteroatoms. The van der Waals surface area contributed by atoms with E-state index in [1.165, 1.54) is 19.1 Å². The van der Waals surface area contributed by atoms with Crippen molar-refractivity contribution < 1.29 is 23.9 Å². The van der Waals surface area contributed by atoms with Crippen molar-refractivity contribution in [1.29, 1.82) is 5.26 Å². The summed E-state index contributed by atoms with van der Waals surface area (Å²) in [6.45, 7) is 2.48. The fourth-order valence-corrected chi connectivity index (χ4v) is 3.88. The predicted octanol–water partition coefficient (Wildman–Crippen LogP) is 2.72. The zero-order chi connectivity index (χ0) is 25.5. The quantitative estimate of drug-likeness (QED) is 0.585. The minimum absolute atomic E-state index is 0.0439. The Bertz CT molecular complexity index is 1230. The van der Waals surface area contributed by atoms with Gasteiger partial charge in [-0.25, -0.2) is 9.59 Å². The first-order chi connectivity index (χ1) is 16.9. The van der Waals surface area contributed by atoms with Gasteiger partial charge < -0.3 is 20.5 Å². The summed E-state index contributed by atoms with van der Waals surface area (Å²) >= 11 is 0. The van der Waals surface area contributed by atoms with Crippen LogP contribution in [0.2, 0.25) is 0 Å².